The standard InChI is InChI=1S/C22H21F3N2O3.C16H23BO4.C12H10F3IN2O/c1-13-9-14(2)17(21(28)29-3)10-16(13)19-20(22(23,24)25)27-18(26-19)12-30-11-15-7-5-4-6-8-15;1-10-8-11(2)13(9-12(10)14(18)19-7)17-20-15(3,4)16(5,6)21-17;13-12(14,15)10-11(16)18-9(17-10)7-19-6-8-4-2-1-3-5-8/h4-10H,11-12H2,1-3H3,(H,26,27);8-9H,1-7H3;1-5H,6-7H2,(H,17,18). The van der Waals surface area contributed by atoms with Crippen molar-refractivity contribution in [2.24, 2.45) is 0 Å². The zero-order valence-electron chi connectivity index (χ0n) is 40.3. The average molecular weight is 1090 g/mol. The number of nitrogens with zero attached hydrogens (tertiary/aromatic N) is 2. The van der Waals surface area contributed by atoms with E-state index in [0.29, 0.717) is 23.3 Å². The highest BCUT2D eigenvalue weighted by Crippen LogP contribution is 2.39. The number of benzene rings is 4. The van der Waals surface area contributed by atoms with Gasteiger partial charge in [-0.2, -0.15) is 26.3 Å². The minimum Gasteiger partial charge on any atom is -0.465 e. The Bertz CT molecular complexity index is 2730. The van der Waals surface area contributed by atoms with Crippen molar-refractivity contribution >= 4 is 47.1 Å². The third-order valence-corrected chi connectivity index (χ3v) is 12.3. The number of aromatic amines is 2. The first-order valence-corrected chi connectivity index (χ1v) is 22.8. The molecule has 7 rings (SSSR count). The highest BCUT2D eigenvalue weighted by atomic mass is 127. The Balaban J connectivity index is 0.000000202. The van der Waals surface area contributed by atoms with Crippen molar-refractivity contribution in [2.75, 3.05) is 14.2 Å². The van der Waals surface area contributed by atoms with Crippen molar-refractivity contribution in [3.8, 4) is 11.3 Å². The molecule has 1 fully saturated rings. The van der Waals surface area contributed by atoms with Crippen molar-refractivity contribution in [1.29, 1.82) is 0 Å². The van der Waals surface area contributed by atoms with Gasteiger partial charge in [0, 0.05) is 5.56 Å². The van der Waals surface area contributed by atoms with E-state index in [0.717, 1.165) is 27.7 Å². The number of hydrogen-bond donors (Lipinski definition) is 2. The van der Waals surface area contributed by atoms with Crippen molar-refractivity contribution in [3.63, 3.8) is 0 Å². The molecule has 0 spiro atoms. The number of ether oxygens (including phenoxy) is 4. The number of aryl methyl sites for hydroxylation is 4. The number of aromatic nitrogens is 4. The molecule has 0 radical (unpaired) electrons. The maximum Gasteiger partial charge on any atom is 0.495 e. The number of methoxy groups -OCH3 is 2. The molecule has 20 heteroatoms. The Morgan fingerprint density at radius 1 is 0.614 bits per heavy atom. The number of carbonyl (C=O) groups excluding carboxylic acids is 2. The van der Waals surface area contributed by atoms with Crippen LogP contribution < -0.4 is 5.46 Å². The Labute approximate surface area is 416 Å². The van der Waals surface area contributed by atoms with Crippen LogP contribution >= 0.6 is 22.6 Å². The molecule has 2 N–H and O–H groups in total. The van der Waals surface area contributed by atoms with Gasteiger partial charge in [-0.3, -0.25) is 0 Å². The van der Waals surface area contributed by atoms with Crippen LogP contribution in [0, 0.1) is 31.4 Å². The van der Waals surface area contributed by atoms with E-state index in [-0.39, 0.29) is 58.0 Å². The summed E-state index contributed by atoms with van der Waals surface area (Å²) in [6, 6.07) is 25.5. The van der Waals surface area contributed by atoms with Gasteiger partial charge in [0.05, 0.1) is 49.8 Å². The van der Waals surface area contributed by atoms with Gasteiger partial charge in [-0.25, -0.2) is 19.6 Å². The zero-order valence-corrected chi connectivity index (χ0v) is 42.5. The van der Waals surface area contributed by atoms with Gasteiger partial charge in [-0.05, 0) is 123 Å². The number of imidazole rings is 2. The fourth-order valence-electron chi connectivity index (χ4n) is 7.08. The first kappa shape index (κ1) is 55.4. The molecule has 0 aliphatic carbocycles. The predicted octanol–water partition coefficient (Wildman–Crippen LogP) is 11.4. The monoisotopic (exact) mass is 1090 g/mol. The number of halogens is 7. The van der Waals surface area contributed by atoms with E-state index < -0.39 is 48.0 Å². The second-order valence-corrected chi connectivity index (χ2v) is 18.3. The molecule has 70 heavy (non-hydrogen) atoms. The topological polar surface area (TPSA) is 147 Å². The third kappa shape index (κ3) is 14.1. The average Bonchev–Trinajstić information content (AvgIpc) is 3.96. The fraction of sp³-hybridized carbons (Fsp3) is 0.360. The molecule has 2 aromatic heterocycles. The fourth-order valence-corrected chi connectivity index (χ4v) is 7.82. The number of rotatable bonds is 12. The molecule has 1 aliphatic rings. The van der Waals surface area contributed by atoms with Crippen LogP contribution in [0.3, 0.4) is 0 Å². The van der Waals surface area contributed by atoms with E-state index in [1.165, 1.54) is 20.3 Å². The molecule has 6 aromatic rings. The maximum atomic E-state index is 13.7. The summed E-state index contributed by atoms with van der Waals surface area (Å²) in [5.41, 5.74) is 3.89. The summed E-state index contributed by atoms with van der Waals surface area (Å²) in [4.78, 5) is 36.4. The third-order valence-electron chi connectivity index (χ3n) is 11.5. The van der Waals surface area contributed by atoms with Crippen LogP contribution in [0.1, 0.15) is 105 Å². The maximum absolute atomic E-state index is 13.7. The quantitative estimate of drug-likeness (QED) is 0.0525. The predicted molar refractivity (Wildman–Crippen MR) is 259 cm³/mol. The minimum atomic E-state index is -4.65. The van der Waals surface area contributed by atoms with Gasteiger partial charge in [-0.15, -0.1) is 0 Å². The van der Waals surface area contributed by atoms with Crippen LogP contribution in [0.15, 0.2) is 84.9 Å². The first-order chi connectivity index (χ1) is 32.8. The molecular weight excluding hydrogens is 1040 g/mol. The number of esters is 2. The Morgan fingerprint density at radius 2 is 1.04 bits per heavy atom. The van der Waals surface area contributed by atoms with E-state index in [9.17, 15) is 35.9 Å². The summed E-state index contributed by atoms with van der Waals surface area (Å²) in [5.74, 6) is -0.741. The number of carbonyl (C=O) groups is 2. The van der Waals surface area contributed by atoms with Gasteiger partial charge < -0.3 is 38.2 Å². The van der Waals surface area contributed by atoms with Gasteiger partial charge in [0.2, 0.25) is 0 Å². The Hall–Kier alpha value is -5.55. The minimum absolute atomic E-state index is 0.0149. The van der Waals surface area contributed by atoms with Gasteiger partial charge in [0.15, 0.2) is 5.69 Å². The summed E-state index contributed by atoms with van der Waals surface area (Å²) < 4.78 is 111. The molecule has 0 unspecified atom stereocenters. The molecule has 12 nitrogen and oxygen atoms in total. The highest BCUT2D eigenvalue weighted by molar-refractivity contribution is 14.1. The van der Waals surface area contributed by atoms with Crippen molar-refractivity contribution < 1.29 is 64.2 Å². The summed E-state index contributed by atoms with van der Waals surface area (Å²) in [7, 11) is 2.13. The molecule has 0 bridgehead atoms. The second kappa shape index (κ2) is 23.1. The molecule has 0 amide bonds. The summed E-state index contributed by atoms with van der Waals surface area (Å²) >= 11 is 1.55. The van der Waals surface area contributed by atoms with Crippen molar-refractivity contribution in [2.45, 2.75) is 105 Å². The van der Waals surface area contributed by atoms with Crippen LogP contribution in [-0.2, 0) is 67.0 Å². The molecule has 4 aromatic carbocycles. The lowest BCUT2D eigenvalue weighted by Crippen LogP contribution is -2.41. The summed E-state index contributed by atoms with van der Waals surface area (Å²) in [5, 5.41) is 0. The van der Waals surface area contributed by atoms with Gasteiger partial charge in [-0.1, -0.05) is 78.4 Å². The molecule has 1 saturated heterocycles. The normalized spacial score (nSPS) is 14.0. The number of H-pyrrole nitrogens is 2. The van der Waals surface area contributed by atoms with E-state index in [2.05, 4.69) is 19.9 Å². The highest BCUT2D eigenvalue weighted by Gasteiger charge is 2.52. The Morgan fingerprint density at radius 3 is 1.49 bits per heavy atom. The molecule has 0 atom stereocenters. The zero-order chi connectivity index (χ0) is 51.8. The largest absolute Gasteiger partial charge is 0.495 e. The van der Waals surface area contributed by atoms with E-state index in [1.54, 1.807) is 42.5 Å². The SMILES string of the molecule is COC(=O)c1cc(-c2nc(COCc3ccccc3)[nH]c2C(F)(F)F)c(C)cc1C.COC(=O)c1cc(B2OC(C)(C)C(C)(C)O2)c(C)cc1C.FC(F)(F)c1[nH]c(COCc2ccccc2)nc1I. The molecule has 374 valence electrons. The molecule has 1 aliphatic heterocycles. The van der Waals surface area contributed by atoms with E-state index in [1.807, 2.05) is 114 Å². The molecule has 0 saturated carbocycles. The van der Waals surface area contributed by atoms with E-state index in [4.69, 9.17) is 28.3 Å². The number of nitrogens with one attached hydrogen (secondary N) is 2. The lowest BCUT2D eigenvalue weighted by atomic mass is 9.75. The van der Waals surface area contributed by atoms with Crippen LogP contribution in [0.2, 0.25) is 0 Å². The lowest BCUT2D eigenvalue weighted by molar-refractivity contribution is -0.142. The van der Waals surface area contributed by atoms with Crippen LogP contribution in [-0.4, -0.2) is 64.4 Å². The Kier molecular flexibility index (Phi) is 18.3. The van der Waals surface area contributed by atoms with Crippen LogP contribution in [0.4, 0.5) is 26.3 Å². The van der Waals surface area contributed by atoms with Gasteiger partial charge in [0.25, 0.3) is 0 Å². The van der Waals surface area contributed by atoms with Crippen LogP contribution in [0.25, 0.3) is 11.3 Å². The van der Waals surface area contributed by atoms with Gasteiger partial charge >= 0.3 is 31.4 Å². The number of hydrogen-bond acceptors (Lipinski definition) is 10. The van der Waals surface area contributed by atoms with Crippen molar-refractivity contribution in [1.82, 2.24) is 19.9 Å². The van der Waals surface area contributed by atoms with Crippen molar-refractivity contribution in [3.05, 3.63) is 156 Å². The smallest absolute Gasteiger partial charge is 0.465 e. The number of alkyl halides is 6. The van der Waals surface area contributed by atoms with Gasteiger partial charge in [0.1, 0.15) is 40.0 Å². The first-order valence-electron chi connectivity index (χ1n) is 21.7. The van der Waals surface area contributed by atoms with Crippen LogP contribution in [0.5, 0.6) is 0 Å². The molecule has 3 heterocycles. The summed E-state index contributed by atoms with van der Waals surface area (Å²) in [6.07, 6.45) is -9.07. The second-order valence-electron chi connectivity index (χ2n) is 17.3. The molecular formula is C50H54BF6IN4O8. The van der Waals surface area contributed by atoms with E-state index >= 15 is 0 Å². The lowest BCUT2D eigenvalue weighted by Gasteiger charge is -2.32. The summed E-state index contributed by atoms with van der Waals surface area (Å²) in [6.45, 7) is 15.8.